The maximum atomic E-state index is 9.55. The van der Waals surface area contributed by atoms with Gasteiger partial charge in [-0.05, 0) is 6.42 Å². The van der Waals surface area contributed by atoms with Gasteiger partial charge in [0.25, 0.3) is 0 Å². The fourth-order valence-electron chi connectivity index (χ4n) is 1.00. The van der Waals surface area contributed by atoms with Crippen LogP contribution in [0.1, 0.15) is 11.9 Å². The second-order valence-corrected chi connectivity index (χ2v) is 2.05. The van der Waals surface area contributed by atoms with E-state index >= 15 is 0 Å². The predicted molar refractivity (Wildman–Crippen MR) is 29.8 cm³/mol. The molecular formula is C6H10O3. The van der Waals surface area contributed by atoms with Gasteiger partial charge in [0.15, 0.2) is 6.29 Å². The van der Waals surface area contributed by atoms with Crippen LogP contribution >= 0.6 is 0 Å². The highest BCUT2D eigenvalue weighted by Gasteiger charge is 2.40. The summed E-state index contributed by atoms with van der Waals surface area (Å²) in [7, 11) is 0. The molecule has 0 spiro atoms. The Balaban J connectivity index is 2.42. The van der Waals surface area contributed by atoms with E-state index in [1.165, 1.54) is 0 Å². The first-order valence-corrected chi connectivity index (χ1v) is 2.83. The third-order valence-electron chi connectivity index (χ3n) is 1.49. The molecule has 9 heavy (non-hydrogen) atoms. The van der Waals surface area contributed by atoms with Crippen molar-refractivity contribution in [1.82, 2.24) is 0 Å². The molecule has 0 unspecified atom stereocenters. The SMILES string of the molecule is [2H]C1([2H])O[C@H]2OCC[C@@]2([2H])[C@@]1([2H])O. The van der Waals surface area contributed by atoms with E-state index in [1.807, 2.05) is 0 Å². The van der Waals surface area contributed by atoms with Crippen LogP contribution in [0.25, 0.3) is 0 Å². The molecule has 2 aliphatic rings. The van der Waals surface area contributed by atoms with E-state index in [0.717, 1.165) is 0 Å². The van der Waals surface area contributed by atoms with Gasteiger partial charge in [-0.15, -0.1) is 0 Å². The van der Waals surface area contributed by atoms with Crippen molar-refractivity contribution >= 4 is 0 Å². The van der Waals surface area contributed by atoms with Gasteiger partial charge in [0, 0.05) is 7.26 Å². The number of hydrogen-bond acceptors (Lipinski definition) is 3. The lowest BCUT2D eigenvalue weighted by atomic mass is 10.0. The number of ether oxygens (including phenoxy) is 2. The van der Waals surface area contributed by atoms with Crippen LogP contribution in [0.15, 0.2) is 0 Å². The molecule has 2 saturated heterocycles. The topological polar surface area (TPSA) is 38.7 Å². The van der Waals surface area contributed by atoms with Crippen molar-refractivity contribution in [3.05, 3.63) is 0 Å². The molecule has 3 atom stereocenters. The second-order valence-electron chi connectivity index (χ2n) is 2.05. The lowest BCUT2D eigenvalue weighted by Gasteiger charge is -2.06. The van der Waals surface area contributed by atoms with E-state index < -0.39 is 24.8 Å². The summed E-state index contributed by atoms with van der Waals surface area (Å²) < 4.78 is 39.2. The Labute approximate surface area is 59.2 Å². The van der Waals surface area contributed by atoms with Gasteiger partial charge in [0.1, 0.15) is 0 Å². The fourth-order valence-corrected chi connectivity index (χ4v) is 1.00. The second kappa shape index (κ2) is 1.94. The van der Waals surface area contributed by atoms with Gasteiger partial charge < -0.3 is 14.6 Å². The van der Waals surface area contributed by atoms with Gasteiger partial charge in [-0.1, -0.05) is 0 Å². The van der Waals surface area contributed by atoms with Crippen molar-refractivity contribution in [2.24, 2.45) is 5.89 Å². The van der Waals surface area contributed by atoms with E-state index in [4.69, 9.17) is 10.2 Å². The van der Waals surface area contributed by atoms with Crippen molar-refractivity contribution < 1.29 is 20.1 Å². The van der Waals surface area contributed by atoms with E-state index in [1.54, 1.807) is 0 Å². The molecule has 0 aromatic carbocycles. The first kappa shape index (κ1) is 2.86. The largest absolute Gasteiger partial charge is 0.390 e. The van der Waals surface area contributed by atoms with E-state index in [2.05, 4.69) is 4.74 Å². The van der Waals surface area contributed by atoms with Crippen molar-refractivity contribution in [2.45, 2.75) is 18.8 Å². The smallest absolute Gasteiger partial charge is 0.163 e. The zero-order chi connectivity index (χ0) is 9.91. The highest BCUT2D eigenvalue weighted by atomic mass is 16.7. The number of aliphatic hydroxyl groups is 1. The minimum absolute atomic E-state index is 0.108. The maximum Gasteiger partial charge on any atom is 0.163 e. The van der Waals surface area contributed by atoms with Crippen LogP contribution in [0.4, 0.5) is 0 Å². The molecule has 0 amide bonds. The van der Waals surface area contributed by atoms with Crippen molar-refractivity contribution in [2.75, 3.05) is 13.2 Å². The average Bonchev–Trinajstić information content (AvgIpc) is 2.37. The fraction of sp³-hybridized carbons (Fsp3) is 1.00. The lowest BCUT2D eigenvalue weighted by Crippen LogP contribution is -2.18. The van der Waals surface area contributed by atoms with Crippen LogP contribution in [0.3, 0.4) is 0 Å². The molecule has 3 nitrogen and oxygen atoms in total. The summed E-state index contributed by atoms with van der Waals surface area (Å²) in [5.41, 5.74) is 0. The summed E-state index contributed by atoms with van der Waals surface area (Å²) in [5.74, 6) is -1.71. The van der Waals surface area contributed by atoms with Crippen LogP contribution < -0.4 is 0 Å². The molecule has 2 fully saturated rings. The molecule has 0 bridgehead atoms. The number of fused-ring (bicyclic) bond motifs is 1. The van der Waals surface area contributed by atoms with Gasteiger partial charge in [-0.25, -0.2) is 0 Å². The molecule has 2 heterocycles. The van der Waals surface area contributed by atoms with E-state index in [-0.39, 0.29) is 13.0 Å². The Hall–Kier alpha value is -0.120. The van der Waals surface area contributed by atoms with Crippen molar-refractivity contribution in [3.63, 3.8) is 0 Å². The molecule has 1 N–H and O–H groups in total. The molecule has 0 aromatic heterocycles. The standard InChI is InChI=1S/C6H10O3/c7-5-3-9-6-4(5)1-2-8-6/h4-7H,1-3H2/t4-,5-,6+/m0/s1/i3D2,4D,5D. The molecule has 0 radical (unpaired) electrons. The van der Waals surface area contributed by atoms with Gasteiger partial charge in [0.2, 0.25) is 0 Å². The monoisotopic (exact) mass is 134 g/mol. The zero-order valence-corrected chi connectivity index (χ0v) is 4.76. The highest BCUT2D eigenvalue weighted by Crippen LogP contribution is 2.30. The van der Waals surface area contributed by atoms with Gasteiger partial charge in [-0.2, -0.15) is 0 Å². The lowest BCUT2D eigenvalue weighted by molar-refractivity contribution is -0.0907. The summed E-state index contributed by atoms with van der Waals surface area (Å²) in [6.07, 6.45) is -3.59. The predicted octanol–water partition coefficient (Wildman–Crippen LogP) is -0.260. The third kappa shape index (κ3) is 0.764. The molecule has 0 saturated carbocycles. The van der Waals surface area contributed by atoms with E-state index in [0.29, 0.717) is 0 Å². The molecule has 0 aliphatic carbocycles. The van der Waals surface area contributed by atoms with Gasteiger partial charge in [-0.3, -0.25) is 0 Å². The Morgan fingerprint density at radius 3 is 3.33 bits per heavy atom. The minimum Gasteiger partial charge on any atom is -0.390 e. The van der Waals surface area contributed by atoms with Gasteiger partial charge >= 0.3 is 0 Å². The Morgan fingerprint density at radius 2 is 2.56 bits per heavy atom. The summed E-state index contributed by atoms with van der Waals surface area (Å²) in [4.78, 5) is 0. The molecule has 52 valence electrons. The first-order chi connectivity index (χ1) is 5.81. The number of rotatable bonds is 0. The Morgan fingerprint density at radius 1 is 1.67 bits per heavy atom. The number of hydrogen-bond donors (Lipinski definition) is 1. The van der Waals surface area contributed by atoms with E-state index in [9.17, 15) is 5.11 Å². The summed E-state index contributed by atoms with van der Waals surface area (Å²) in [5, 5.41) is 9.55. The van der Waals surface area contributed by atoms with Crippen LogP contribution in [0.5, 0.6) is 0 Å². The highest BCUT2D eigenvalue weighted by molar-refractivity contribution is 4.81. The third-order valence-corrected chi connectivity index (χ3v) is 1.49. The Bertz CT molecular complexity index is 241. The van der Waals surface area contributed by atoms with Crippen LogP contribution in [0, 0.1) is 5.89 Å². The molecule has 0 aromatic rings. The van der Waals surface area contributed by atoms with Crippen molar-refractivity contribution in [3.8, 4) is 0 Å². The quantitative estimate of drug-likeness (QED) is 0.496. The average molecular weight is 134 g/mol. The Kier molecular flexibility index (Phi) is 0.616. The summed E-state index contributed by atoms with van der Waals surface area (Å²) in [6, 6.07) is 0. The molecular weight excluding hydrogens is 120 g/mol. The van der Waals surface area contributed by atoms with Crippen LogP contribution in [0.2, 0.25) is 0 Å². The normalized spacial score (nSPS) is 78.1. The zero-order valence-electron chi connectivity index (χ0n) is 8.76. The molecule has 2 aliphatic heterocycles. The molecule has 2 rings (SSSR count). The van der Waals surface area contributed by atoms with Gasteiger partial charge in [0.05, 0.1) is 23.4 Å². The van der Waals surface area contributed by atoms with Crippen LogP contribution in [-0.2, 0) is 9.47 Å². The maximum absolute atomic E-state index is 9.55. The summed E-state index contributed by atoms with van der Waals surface area (Å²) >= 11 is 0. The summed E-state index contributed by atoms with van der Waals surface area (Å²) in [6.45, 7) is -2.33. The minimum atomic E-state index is -2.57. The van der Waals surface area contributed by atoms with Crippen LogP contribution in [-0.4, -0.2) is 30.6 Å². The van der Waals surface area contributed by atoms with Crippen molar-refractivity contribution in [1.29, 1.82) is 0 Å². The first-order valence-electron chi connectivity index (χ1n) is 4.83. The molecule has 3 heteroatoms.